The number of hydrogen-bond donors (Lipinski definition) is 0. The third-order valence-corrected chi connectivity index (χ3v) is 2.43. The zero-order chi connectivity index (χ0) is 12.8. The minimum absolute atomic E-state index is 0.0281. The summed E-state index contributed by atoms with van der Waals surface area (Å²) in [5.74, 6) is -0.242. The molecule has 0 aliphatic carbocycles. The van der Waals surface area contributed by atoms with Gasteiger partial charge in [0.25, 0.3) is 0 Å². The lowest BCUT2D eigenvalue weighted by Gasteiger charge is -2.20. The van der Waals surface area contributed by atoms with Gasteiger partial charge in [-0.25, -0.2) is 0 Å². The summed E-state index contributed by atoms with van der Waals surface area (Å²) in [6.07, 6.45) is -0.0281. The van der Waals surface area contributed by atoms with E-state index in [1.807, 2.05) is 32.0 Å². The van der Waals surface area contributed by atoms with Gasteiger partial charge in [0.2, 0.25) is 5.91 Å². The SMILES string of the molecule is CCN(Cc1cccc(C)n1)C(=O)CC(C)=O. The van der Waals surface area contributed by atoms with Gasteiger partial charge in [-0.15, -0.1) is 0 Å². The van der Waals surface area contributed by atoms with Crippen LogP contribution >= 0.6 is 0 Å². The lowest BCUT2D eigenvalue weighted by atomic mass is 10.2. The van der Waals surface area contributed by atoms with Gasteiger partial charge in [0.15, 0.2) is 0 Å². The van der Waals surface area contributed by atoms with Gasteiger partial charge in [-0.3, -0.25) is 14.6 Å². The van der Waals surface area contributed by atoms with Crippen molar-refractivity contribution in [1.29, 1.82) is 0 Å². The molecule has 1 aromatic heterocycles. The second kappa shape index (κ2) is 6.13. The van der Waals surface area contributed by atoms with Crippen molar-refractivity contribution in [3.63, 3.8) is 0 Å². The maximum Gasteiger partial charge on any atom is 0.230 e. The summed E-state index contributed by atoms with van der Waals surface area (Å²) in [6.45, 7) is 6.29. The lowest BCUT2D eigenvalue weighted by Crippen LogP contribution is -2.31. The van der Waals surface area contributed by atoms with Gasteiger partial charge >= 0.3 is 0 Å². The highest BCUT2D eigenvalue weighted by atomic mass is 16.2. The molecule has 17 heavy (non-hydrogen) atoms. The summed E-state index contributed by atoms with van der Waals surface area (Å²) < 4.78 is 0. The van der Waals surface area contributed by atoms with Crippen molar-refractivity contribution in [1.82, 2.24) is 9.88 Å². The standard InChI is InChI=1S/C13H18N2O2/c1-4-15(13(17)8-11(3)16)9-12-7-5-6-10(2)14-12/h5-7H,4,8-9H2,1-3H3. The first-order valence-corrected chi connectivity index (χ1v) is 5.72. The predicted octanol–water partition coefficient (Wildman–Crippen LogP) is 1.72. The fraction of sp³-hybridized carbons (Fsp3) is 0.462. The molecule has 1 amide bonds. The molecule has 92 valence electrons. The van der Waals surface area contributed by atoms with Crippen molar-refractivity contribution < 1.29 is 9.59 Å². The first-order chi connectivity index (χ1) is 8.02. The van der Waals surface area contributed by atoms with Crippen LogP contribution in [-0.4, -0.2) is 28.1 Å². The van der Waals surface area contributed by atoms with Crippen LogP contribution in [-0.2, 0) is 16.1 Å². The lowest BCUT2D eigenvalue weighted by molar-refractivity contribution is -0.135. The molecular weight excluding hydrogens is 216 g/mol. The van der Waals surface area contributed by atoms with E-state index in [0.717, 1.165) is 11.4 Å². The van der Waals surface area contributed by atoms with Crippen molar-refractivity contribution in [2.75, 3.05) is 6.54 Å². The van der Waals surface area contributed by atoms with Gasteiger partial charge in [0.1, 0.15) is 5.78 Å². The molecule has 0 aliphatic heterocycles. The molecule has 0 unspecified atom stereocenters. The van der Waals surface area contributed by atoms with Crippen molar-refractivity contribution >= 4 is 11.7 Å². The van der Waals surface area contributed by atoms with E-state index in [-0.39, 0.29) is 18.1 Å². The average Bonchev–Trinajstić information content (AvgIpc) is 2.24. The minimum atomic E-state index is -0.136. The van der Waals surface area contributed by atoms with Gasteiger partial charge in [0, 0.05) is 12.2 Å². The smallest absolute Gasteiger partial charge is 0.230 e. The monoisotopic (exact) mass is 234 g/mol. The number of hydrogen-bond acceptors (Lipinski definition) is 3. The van der Waals surface area contributed by atoms with Crippen LogP contribution in [0.1, 0.15) is 31.7 Å². The normalized spacial score (nSPS) is 10.1. The zero-order valence-corrected chi connectivity index (χ0v) is 10.6. The molecule has 0 aromatic carbocycles. The molecule has 4 nitrogen and oxygen atoms in total. The van der Waals surface area contributed by atoms with Crippen molar-refractivity contribution in [3.8, 4) is 0 Å². The highest BCUT2D eigenvalue weighted by Crippen LogP contribution is 2.05. The number of pyridine rings is 1. The van der Waals surface area contributed by atoms with E-state index in [1.54, 1.807) is 4.90 Å². The van der Waals surface area contributed by atoms with Crippen LogP contribution in [0.3, 0.4) is 0 Å². The number of aryl methyl sites for hydroxylation is 1. The van der Waals surface area contributed by atoms with Crippen molar-refractivity contribution in [3.05, 3.63) is 29.6 Å². The molecule has 0 fully saturated rings. The Hall–Kier alpha value is -1.71. The number of amides is 1. The van der Waals surface area contributed by atoms with Crippen molar-refractivity contribution in [2.45, 2.75) is 33.7 Å². The molecule has 4 heteroatoms. The van der Waals surface area contributed by atoms with Crippen LogP contribution in [0, 0.1) is 6.92 Å². The molecule has 0 aliphatic rings. The van der Waals surface area contributed by atoms with Crippen LogP contribution in [0.2, 0.25) is 0 Å². The topological polar surface area (TPSA) is 50.3 Å². The Balaban J connectivity index is 2.69. The third kappa shape index (κ3) is 4.34. The fourth-order valence-corrected chi connectivity index (χ4v) is 1.58. The average molecular weight is 234 g/mol. The maximum atomic E-state index is 11.8. The van der Waals surface area contributed by atoms with Crippen LogP contribution in [0.25, 0.3) is 0 Å². The Morgan fingerprint density at radius 3 is 2.59 bits per heavy atom. The number of Topliss-reactive ketones (excluding diaryl/α,β-unsaturated/α-hetero) is 1. The largest absolute Gasteiger partial charge is 0.337 e. The summed E-state index contributed by atoms with van der Waals surface area (Å²) in [5.41, 5.74) is 1.78. The van der Waals surface area contributed by atoms with Crippen LogP contribution < -0.4 is 0 Å². The minimum Gasteiger partial charge on any atom is -0.337 e. The second-order valence-corrected chi connectivity index (χ2v) is 4.06. The van der Waals surface area contributed by atoms with E-state index in [2.05, 4.69) is 4.98 Å². The first kappa shape index (κ1) is 13.4. The van der Waals surface area contributed by atoms with Crippen LogP contribution in [0.15, 0.2) is 18.2 Å². The molecule has 0 saturated heterocycles. The number of carbonyl (C=O) groups is 2. The van der Waals surface area contributed by atoms with E-state index >= 15 is 0 Å². The molecule has 1 aromatic rings. The summed E-state index contributed by atoms with van der Waals surface area (Å²) in [7, 11) is 0. The Kier molecular flexibility index (Phi) is 4.82. The van der Waals surface area contributed by atoms with Gasteiger partial charge < -0.3 is 4.90 Å². The molecule has 0 saturated carbocycles. The third-order valence-electron chi connectivity index (χ3n) is 2.43. The Morgan fingerprint density at radius 2 is 2.06 bits per heavy atom. The molecule has 0 N–H and O–H groups in total. The van der Waals surface area contributed by atoms with Crippen LogP contribution in [0.4, 0.5) is 0 Å². The molecule has 0 atom stereocenters. The van der Waals surface area contributed by atoms with Crippen LogP contribution in [0.5, 0.6) is 0 Å². The number of rotatable bonds is 5. The Morgan fingerprint density at radius 1 is 1.35 bits per heavy atom. The molecular formula is C13H18N2O2. The summed E-state index contributed by atoms with van der Waals surface area (Å²) >= 11 is 0. The molecule has 0 bridgehead atoms. The summed E-state index contributed by atoms with van der Waals surface area (Å²) in [4.78, 5) is 28.7. The molecule has 0 spiro atoms. The van der Waals surface area contributed by atoms with E-state index in [4.69, 9.17) is 0 Å². The van der Waals surface area contributed by atoms with Gasteiger partial charge in [0.05, 0.1) is 18.7 Å². The Bertz CT molecular complexity index is 416. The zero-order valence-electron chi connectivity index (χ0n) is 10.6. The number of aromatic nitrogens is 1. The fourth-order valence-electron chi connectivity index (χ4n) is 1.58. The van der Waals surface area contributed by atoms with E-state index in [9.17, 15) is 9.59 Å². The molecule has 0 radical (unpaired) electrons. The van der Waals surface area contributed by atoms with Gasteiger partial charge in [-0.2, -0.15) is 0 Å². The predicted molar refractivity (Wildman–Crippen MR) is 65.4 cm³/mol. The second-order valence-electron chi connectivity index (χ2n) is 4.06. The highest BCUT2D eigenvalue weighted by molar-refractivity contribution is 5.96. The quantitative estimate of drug-likeness (QED) is 0.729. The number of ketones is 1. The first-order valence-electron chi connectivity index (χ1n) is 5.72. The molecule has 1 heterocycles. The molecule has 1 rings (SSSR count). The maximum absolute atomic E-state index is 11.8. The highest BCUT2D eigenvalue weighted by Gasteiger charge is 2.14. The Labute approximate surface area is 102 Å². The summed E-state index contributed by atoms with van der Waals surface area (Å²) in [5, 5.41) is 0. The summed E-state index contributed by atoms with van der Waals surface area (Å²) in [6, 6.07) is 5.72. The van der Waals surface area contributed by atoms with E-state index in [1.165, 1.54) is 6.92 Å². The number of carbonyl (C=O) groups excluding carboxylic acids is 2. The van der Waals surface area contributed by atoms with Gasteiger partial charge in [-0.05, 0) is 32.9 Å². The number of nitrogens with zero attached hydrogens (tertiary/aromatic N) is 2. The van der Waals surface area contributed by atoms with E-state index < -0.39 is 0 Å². The van der Waals surface area contributed by atoms with Gasteiger partial charge in [-0.1, -0.05) is 6.07 Å². The van der Waals surface area contributed by atoms with Crippen molar-refractivity contribution in [2.24, 2.45) is 0 Å². The van der Waals surface area contributed by atoms with E-state index in [0.29, 0.717) is 13.1 Å².